The summed E-state index contributed by atoms with van der Waals surface area (Å²) in [6.45, 7) is 0. The summed E-state index contributed by atoms with van der Waals surface area (Å²) in [5.74, 6) is 0. The minimum absolute atomic E-state index is 0.275. The van der Waals surface area contributed by atoms with Crippen molar-refractivity contribution in [3.63, 3.8) is 0 Å². The highest BCUT2D eigenvalue weighted by Crippen LogP contribution is 2.41. The van der Waals surface area contributed by atoms with Crippen LogP contribution >= 0.6 is 0 Å². The summed E-state index contributed by atoms with van der Waals surface area (Å²) in [6.07, 6.45) is 9.82. The number of nitrogens with one attached hydrogen (secondary N) is 1. The maximum Gasteiger partial charge on any atom is 0.0559 e. The molecule has 1 aliphatic carbocycles. The minimum atomic E-state index is 0.275. The van der Waals surface area contributed by atoms with Crippen LogP contribution in [-0.4, -0.2) is 11.0 Å². The topological polar surface area (TPSA) is 19.0 Å². The summed E-state index contributed by atoms with van der Waals surface area (Å²) in [5, 5.41) is 2.48. The number of rotatable bonds is 6. The molecule has 1 N–H and O–H groups in total. The van der Waals surface area contributed by atoms with Gasteiger partial charge in [-0.15, -0.1) is 0 Å². The van der Waals surface area contributed by atoms with E-state index < -0.39 is 0 Å². The van der Waals surface area contributed by atoms with Crippen LogP contribution in [0, 0.1) is 0 Å². The molecule has 2 nitrogen and oxygen atoms in total. The molecule has 6 aromatic carbocycles. The zero-order valence-corrected chi connectivity index (χ0v) is 24.4. The summed E-state index contributed by atoms with van der Waals surface area (Å²) >= 11 is 0. The van der Waals surface area contributed by atoms with Gasteiger partial charge in [-0.3, -0.25) is 0 Å². The third kappa shape index (κ3) is 4.71. The molecule has 1 aromatic heterocycles. The molecular weight excluding hydrogens is 532 g/mol. The van der Waals surface area contributed by atoms with Gasteiger partial charge in [-0.25, -0.2) is 0 Å². The van der Waals surface area contributed by atoms with Gasteiger partial charge in [0.1, 0.15) is 0 Å². The Balaban J connectivity index is 1.28. The second-order valence-electron chi connectivity index (χ2n) is 11.4. The Labute approximate surface area is 258 Å². The average Bonchev–Trinajstić information content (AvgIpc) is 3.48. The molecule has 1 aliphatic rings. The van der Waals surface area contributed by atoms with Crippen molar-refractivity contribution in [1.82, 2.24) is 4.98 Å². The number of hydrogen-bond donors (Lipinski definition) is 1. The minimum Gasteiger partial charge on any atom is -0.354 e. The van der Waals surface area contributed by atoms with E-state index in [4.69, 9.17) is 0 Å². The summed E-state index contributed by atoms with van der Waals surface area (Å²) in [5.41, 5.74) is 12.0. The molecule has 1 heterocycles. The summed E-state index contributed by atoms with van der Waals surface area (Å²) in [6, 6.07) is 52.8. The van der Waals surface area contributed by atoms with Crippen LogP contribution < -0.4 is 4.90 Å². The summed E-state index contributed by atoms with van der Waals surface area (Å²) in [4.78, 5) is 6.20. The number of allylic oxidation sites excluding steroid dienone is 2. The number of aromatic amines is 1. The van der Waals surface area contributed by atoms with Gasteiger partial charge in [-0.05, 0) is 76.7 Å². The van der Waals surface area contributed by atoms with E-state index >= 15 is 0 Å². The van der Waals surface area contributed by atoms with Gasteiger partial charge in [-0.1, -0.05) is 127 Å². The molecule has 210 valence electrons. The van der Waals surface area contributed by atoms with Gasteiger partial charge in [0.15, 0.2) is 0 Å². The molecule has 0 spiro atoms. The number of fused-ring (bicyclic) bond motifs is 3. The van der Waals surface area contributed by atoms with Crippen molar-refractivity contribution in [3.05, 3.63) is 170 Å². The molecule has 0 radical (unpaired) electrons. The van der Waals surface area contributed by atoms with Crippen molar-refractivity contribution in [3.8, 4) is 33.4 Å². The standard InChI is InChI=1S/C42H32N2/c1-4-14-31(15-5-1)36-20-10-11-21-37(36)39-28-32(29-40-38-22-12-13-23-41(38)43-42(39)40)30-24-26-35(27-25-30)44(33-16-6-2-7-17-33)34-18-8-3-9-19-34/h1-18,20-29,34,43H,19H2. The van der Waals surface area contributed by atoms with Gasteiger partial charge in [0, 0.05) is 33.2 Å². The second kappa shape index (κ2) is 11.2. The van der Waals surface area contributed by atoms with Crippen LogP contribution in [0.2, 0.25) is 0 Å². The molecule has 0 fully saturated rings. The van der Waals surface area contributed by atoms with E-state index in [0.717, 1.165) is 11.9 Å². The molecule has 0 aliphatic heterocycles. The fraction of sp³-hybridized carbons (Fsp3) is 0.0476. The van der Waals surface area contributed by atoms with Crippen LogP contribution in [0.1, 0.15) is 6.42 Å². The van der Waals surface area contributed by atoms with E-state index in [9.17, 15) is 0 Å². The lowest BCUT2D eigenvalue weighted by atomic mass is 9.90. The van der Waals surface area contributed by atoms with Crippen LogP contribution in [0.15, 0.2) is 170 Å². The van der Waals surface area contributed by atoms with Crippen molar-refractivity contribution >= 4 is 33.2 Å². The summed E-state index contributed by atoms with van der Waals surface area (Å²) in [7, 11) is 0. The lowest BCUT2D eigenvalue weighted by molar-refractivity contribution is 0.785. The van der Waals surface area contributed by atoms with Crippen LogP contribution in [0.4, 0.5) is 11.4 Å². The smallest absolute Gasteiger partial charge is 0.0559 e. The van der Waals surface area contributed by atoms with Crippen LogP contribution in [-0.2, 0) is 0 Å². The van der Waals surface area contributed by atoms with E-state index in [1.165, 1.54) is 61.0 Å². The molecule has 0 saturated heterocycles. The van der Waals surface area contributed by atoms with E-state index in [1.807, 2.05) is 0 Å². The number of aromatic nitrogens is 1. The Hall–Kier alpha value is -5.60. The first kappa shape index (κ1) is 26.1. The Morgan fingerprint density at radius 1 is 0.500 bits per heavy atom. The molecule has 0 bridgehead atoms. The maximum atomic E-state index is 3.76. The highest BCUT2D eigenvalue weighted by molar-refractivity contribution is 6.14. The van der Waals surface area contributed by atoms with Gasteiger partial charge >= 0.3 is 0 Å². The first-order valence-electron chi connectivity index (χ1n) is 15.3. The average molecular weight is 565 g/mol. The van der Waals surface area contributed by atoms with Gasteiger partial charge in [0.05, 0.1) is 11.6 Å². The first-order chi connectivity index (χ1) is 21.8. The number of nitrogens with zero attached hydrogens (tertiary/aromatic N) is 1. The Morgan fingerprint density at radius 2 is 1.18 bits per heavy atom. The Kier molecular flexibility index (Phi) is 6.66. The number of para-hydroxylation sites is 2. The quantitative estimate of drug-likeness (QED) is 0.213. The van der Waals surface area contributed by atoms with Crippen molar-refractivity contribution in [2.24, 2.45) is 0 Å². The molecular formula is C42H32N2. The monoisotopic (exact) mass is 564 g/mol. The van der Waals surface area contributed by atoms with Crippen LogP contribution in [0.5, 0.6) is 0 Å². The number of anilines is 2. The van der Waals surface area contributed by atoms with Crippen molar-refractivity contribution in [2.75, 3.05) is 4.90 Å². The molecule has 0 amide bonds. The molecule has 44 heavy (non-hydrogen) atoms. The zero-order valence-electron chi connectivity index (χ0n) is 24.4. The maximum absolute atomic E-state index is 3.76. The lowest BCUT2D eigenvalue weighted by Crippen LogP contribution is -2.29. The van der Waals surface area contributed by atoms with E-state index in [2.05, 4.69) is 180 Å². The molecule has 1 unspecified atom stereocenters. The third-order valence-corrected chi connectivity index (χ3v) is 8.72. The van der Waals surface area contributed by atoms with E-state index in [-0.39, 0.29) is 6.04 Å². The number of hydrogen-bond acceptors (Lipinski definition) is 1. The van der Waals surface area contributed by atoms with Crippen LogP contribution in [0.25, 0.3) is 55.2 Å². The molecule has 0 saturated carbocycles. The van der Waals surface area contributed by atoms with E-state index in [1.54, 1.807) is 0 Å². The zero-order chi connectivity index (χ0) is 29.3. The predicted octanol–water partition coefficient (Wildman–Crippen LogP) is 11.3. The molecule has 8 rings (SSSR count). The SMILES string of the molecule is C1=CCC(N(c2ccccc2)c2ccc(-c3cc(-c4ccccc4-c4ccccc4)c4[nH]c5ccccc5c4c3)cc2)C=C1. The third-order valence-electron chi connectivity index (χ3n) is 8.72. The predicted molar refractivity (Wildman–Crippen MR) is 187 cm³/mol. The van der Waals surface area contributed by atoms with Gasteiger partial charge < -0.3 is 9.88 Å². The largest absolute Gasteiger partial charge is 0.354 e. The van der Waals surface area contributed by atoms with Crippen LogP contribution in [0.3, 0.4) is 0 Å². The first-order valence-corrected chi connectivity index (χ1v) is 15.3. The van der Waals surface area contributed by atoms with E-state index in [0.29, 0.717) is 0 Å². The fourth-order valence-corrected chi connectivity index (χ4v) is 6.61. The number of benzene rings is 6. The highest BCUT2D eigenvalue weighted by Gasteiger charge is 2.20. The normalized spacial score (nSPS) is 14.3. The fourth-order valence-electron chi connectivity index (χ4n) is 6.61. The van der Waals surface area contributed by atoms with Crippen molar-refractivity contribution in [1.29, 1.82) is 0 Å². The van der Waals surface area contributed by atoms with Gasteiger partial charge in [0.25, 0.3) is 0 Å². The molecule has 1 atom stereocenters. The lowest BCUT2D eigenvalue weighted by Gasteiger charge is -2.32. The second-order valence-corrected chi connectivity index (χ2v) is 11.4. The van der Waals surface area contributed by atoms with Gasteiger partial charge in [0.2, 0.25) is 0 Å². The molecule has 2 heteroatoms. The Bertz CT molecular complexity index is 2130. The van der Waals surface area contributed by atoms with Gasteiger partial charge in [-0.2, -0.15) is 0 Å². The number of H-pyrrole nitrogens is 1. The molecule has 7 aromatic rings. The Morgan fingerprint density at radius 3 is 1.95 bits per heavy atom. The van der Waals surface area contributed by atoms with Crippen molar-refractivity contribution < 1.29 is 0 Å². The summed E-state index contributed by atoms with van der Waals surface area (Å²) < 4.78 is 0. The van der Waals surface area contributed by atoms with Crippen molar-refractivity contribution in [2.45, 2.75) is 12.5 Å². The highest BCUT2D eigenvalue weighted by atomic mass is 15.2.